The lowest BCUT2D eigenvalue weighted by molar-refractivity contribution is 0.172. The summed E-state index contributed by atoms with van der Waals surface area (Å²) in [5.41, 5.74) is 0. The van der Waals surface area contributed by atoms with E-state index in [4.69, 9.17) is 16.3 Å². The molecule has 1 fully saturated rings. The molecule has 0 aromatic rings. The molecular weight excluding hydrogens is 174 g/mol. The Labute approximate surface area is 79.6 Å². The van der Waals surface area contributed by atoms with Crippen molar-refractivity contribution in [2.45, 2.75) is 31.2 Å². The molecule has 72 valence electrons. The van der Waals surface area contributed by atoms with Crippen molar-refractivity contribution in [3.8, 4) is 0 Å². The van der Waals surface area contributed by atoms with E-state index in [1.165, 1.54) is 12.8 Å². The first-order valence-electron chi connectivity index (χ1n) is 4.60. The molecule has 1 aliphatic rings. The fourth-order valence-corrected chi connectivity index (χ4v) is 1.59. The summed E-state index contributed by atoms with van der Waals surface area (Å²) in [4.78, 5) is 0. The predicted molar refractivity (Wildman–Crippen MR) is 51.7 cm³/mol. The number of halogens is 1. The van der Waals surface area contributed by atoms with Crippen LogP contribution in [-0.2, 0) is 4.74 Å². The summed E-state index contributed by atoms with van der Waals surface area (Å²) >= 11 is 6.12. The molecular formula is C9H18ClNO. The van der Waals surface area contributed by atoms with E-state index >= 15 is 0 Å². The quantitative estimate of drug-likeness (QED) is 0.645. The first-order chi connectivity index (χ1) is 5.74. The van der Waals surface area contributed by atoms with Gasteiger partial charge in [-0.2, -0.15) is 0 Å². The van der Waals surface area contributed by atoms with Gasteiger partial charge in [0.2, 0.25) is 0 Å². The highest BCUT2D eigenvalue weighted by molar-refractivity contribution is 6.21. The summed E-state index contributed by atoms with van der Waals surface area (Å²) in [6.45, 7) is 3.78. The van der Waals surface area contributed by atoms with Crippen LogP contribution in [0.5, 0.6) is 0 Å². The molecule has 2 nitrogen and oxygen atoms in total. The fraction of sp³-hybridized carbons (Fsp3) is 1.00. The Morgan fingerprint density at radius 3 is 2.75 bits per heavy atom. The minimum atomic E-state index is 0.323. The zero-order valence-electron chi connectivity index (χ0n) is 7.85. The van der Waals surface area contributed by atoms with E-state index in [1.54, 1.807) is 7.11 Å². The standard InChI is InChI=1S/C9H18ClNO/c1-7(6-12-2)11-5-9(10)8-3-4-8/h7-9,11H,3-6H2,1-2H3. The second-order valence-electron chi connectivity index (χ2n) is 3.62. The van der Waals surface area contributed by atoms with Gasteiger partial charge in [0.25, 0.3) is 0 Å². The predicted octanol–water partition coefficient (Wildman–Crippen LogP) is 1.63. The normalized spacial score (nSPS) is 22.2. The van der Waals surface area contributed by atoms with Crippen molar-refractivity contribution in [2.75, 3.05) is 20.3 Å². The number of alkyl halides is 1. The highest BCUT2D eigenvalue weighted by Crippen LogP contribution is 2.35. The maximum Gasteiger partial charge on any atom is 0.0613 e. The average molecular weight is 192 g/mol. The zero-order chi connectivity index (χ0) is 8.97. The van der Waals surface area contributed by atoms with Gasteiger partial charge < -0.3 is 10.1 Å². The van der Waals surface area contributed by atoms with Gasteiger partial charge in [0.05, 0.1) is 6.61 Å². The van der Waals surface area contributed by atoms with Crippen LogP contribution in [0.4, 0.5) is 0 Å². The van der Waals surface area contributed by atoms with Crippen LogP contribution in [0.15, 0.2) is 0 Å². The molecule has 0 aromatic carbocycles. The van der Waals surface area contributed by atoms with Gasteiger partial charge in [-0.05, 0) is 25.7 Å². The molecule has 2 atom stereocenters. The summed E-state index contributed by atoms with van der Waals surface area (Å²) in [5, 5.41) is 3.67. The van der Waals surface area contributed by atoms with Gasteiger partial charge in [0.15, 0.2) is 0 Å². The summed E-state index contributed by atoms with van der Waals surface area (Å²) in [6.07, 6.45) is 2.63. The Balaban J connectivity index is 1.99. The van der Waals surface area contributed by atoms with Crippen molar-refractivity contribution in [3.05, 3.63) is 0 Å². The second-order valence-corrected chi connectivity index (χ2v) is 4.18. The van der Waals surface area contributed by atoms with Crippen molar-refractivity contribution in [2.24, 2.45) is 5.92 Å². The van der Waals surface area contributed by atoms with Crippen LogP contribution in [0.1, 0.15) is 19.8 Å². The van der Waals surface area contributed by atoms with E-state index in [1.807, 2.05) is 0 Å². The lowest BCUT2D eigenvalue weighted by atomic mass is 10.2. The third-order valence-corrected chi connectivity index (χ3v) is 2.72. The average Bonchev–Trinajstić information content (AvgIpc) is 2.83. The molecule has 1 saturated carbocycles. The van der Waals surface area contributed by atoms with Gasteiger partial charge in [-0.15, -0.1) is 11.6 Å². The molecule has 0 amide bonds. The molecule has 0 bridgehead atoms. The Morgan fingerprint density at radius 2 is 2.25 bits per heavy atom. The van der Waals surface area contributed by atoms with Gasteiger partial charge in [-0.3, -0.25) is 0 Å². The SMILES string of the molecule is COCC(C)NCC(Cl)C1CC1. The first kappa shape index (κ1) is 10.3. The molecule has 0 radical (unpaired) electrons. The van der Waals surface area contributed by atoms with Crippen molar-refractivity contribution in [1.29, 1.82) is 0 Å². The number of hydrogen-bond donors (Lipinski definition) is 1. The number of methoxy groups -OCH3 is 1. The Bertz CT molecular complexity index is 128. The molecule has 1 N–H and O–H groups in total. The van der Waals surface area contributed by atoms with Crippen LogP contribution >= 0.6 is 11.6 Å². The first-order valence-corrected chi connectivity index (χ1v) is 5.04. The zero-order valence-corrected chi connectivity index (χ0v) is 8.60. The topological polar surface area (TPSA) is 21.3 Å². The van der Waals surface area contributed by atoms with Gasteiger partial charge in [0.1, 0.15) is 0 Å². The minimum absolute atomic E-state index is 0.323. The van der Waals surface area contributed by atoms with Gasteiger partial charge in [0, 0.05) is 25.1 Å². The molecule has 3 heteroatoms. The summed E-state index contributed by atoms with van der Waals surface area (Å²) in [5.74, 6) is 0.772. The Morgan fingerprint density at radius 1 is 1.58 bits per heavy atom. The molecule has 0 aliphatic heterocycles. The van der Waals surface area contributed by atoms with Crippen LogP contribution in [0.25, 0.3) is 0 Å². The van der Waals surface area contributed by atoms with E-state index < -0.39 is 0 Å². The number of rotatable bonds is 6. The van der Waals surface area contributed by atoms with Crippen LogP contribution in [0.3, 0.4) is 0 Å². The monoisotopic (exact) mass is 191 g/mol. The van der Waals surface area contributed by atoms with Crippen molar-refractivity contribution >= 4 is 11.6 Å². The Kier molecular flexibility index (Phi) is 4.33. The lowest BCUT2D eigenvalue weighted by Gasteiger charge is -2.15. The molecule has 0 spiro atoms. The van der Waals surface area contributed by atoms with E-state index in [0.717, 1.165) is 19.1 Å². The second kappa shape index (κ2) is 5.05. The van der Waals surface area contributed by atoms with Gasteiger partial charge >= 0.3 is 0 Å². The van der Waals surface area contributed by atoms with Crippen LogP contribution in [0.2, 0.25) is 0 Å². The maximum absolute atomic E-state index is 6.12. The smallest absolute Gasteiger partial charge is 0.0613 e. The molecule has 0 aromatic heterocycles. The molecule has 1 aliphatic carbocycles. The molecule has 0 heterocycles. The van der Waals surface area contributed by atoms with E-state index in [2.05, 4.69) is 12.2 Å². The number of nitrogens with one attached hydrogen (secondary N) is 1. The van der Waals surface area contributed by atoms with Crippen LogP contribution in [-0.4, -0.2) is 31.7 Å². The maximum atomic E-state index is 6.12. The van der Waals surface area contributed by atoms with Crippen LogP contribution in [0, 0.1) is 5.92 Å². The highest BCUT2D eigenvalue weighted by atomic mass is 35.5. The summed E-state index contributed by atoms with van der Waals surface area (Å²) < 4.78 is 5.01. The minimum Gasteiger partial charge on any atom is -0.383 e. The van der Waals surface area contributed by atoms with E-state index in [-0.39, 0.29) is 0 Å². The molecule has 2 unspecified atom stereocenters. The number of ether oxygens (including phenoxy) is 1. The van der Waals surface area contributed by atoms with Crippen molar-refractivity contribution in [1.82, 2.24) is 5.32 Å². The van der Waals surface area contributed by atoms with Gasteiger partial charge in [-0.1, -0.05) is 0 Å². The molecule has 12 heavy (non-hydrogen) atoms. The third-order valence-electron chi connectivity index (χ3n) is 2.21. The largest absolute Gasteiger partial charge is 0.383 e. The lowest BCUT2D eigenvalue weighted by Crippen LogP contribution is -2.35. The third kappa shape index (κ3) is 3.74. The van der Waals surface area contributed by atoms with E-state index in [0.29, 0.717) is 11.4 Å². The van der Waals surface area contributed by atoms with Crippen molar-refractivity contribution < 1.29 is 4.74 Å². The molecule has 1 rings (SSSR count). The molecule has 0 saturated heterocycles. The Hall–Kier alpha value is 0.210. The number of hydrogen-bond acceptors (Lipinski definition) is 2. The van der Waals surface area contributed by atoms with Crippen LogP contribution < -0.4 is 5.32 Å². The van der Waals surface area contributed by atoms with Gasteiger partial charge in [-0.25, -0.2) is 0 Å². The van der Waals surface area contributed by atoms with E-state index in [9.17, 15) is 0 Å². The van der Waals surface area contributed by atoms with Crippen molar-refractivity contribution in [3.63, 3.8) is 0 Å². The summed E-state index contributed by atoms with van der Waals surface area (Å²) in [7, 11) is 1.72. The highest BCUT2D eigenvalue weighted by Gasteiger charge is 2.29. The summed E-state index contributed by atoms with van der Waals surface area (Å²) in [6, 6.07) is 0.412. The fourth-order valence-electron chi connectivity index (χ4n) is 1.25.